The number of hydrogen-bond donors (Lipinski definition) is 1. The molecule has 1 aromatic heterocycles. The molecule has 0 bridgehead atoms. The van der Waals surface area contributed by atoms with Gasteiger partial charge in [-0.2, -0.15) is 26.3 Å². The fourth-order valence-electron chi connectivity index (χ4n) is 3.80. The molecular weight excluding hydrogens is 541 g/mol. The second-order valence-electron chi connectivity index (χ2n) is 8.53. The monoisotopic (exact) mass is 563 g/mol. The number of rotatable bonds is 9. The highest BCUT2D eigenvalue weighted by atomic mass is 19.4. The molecule has 0 unspecified atom stereocenters. The zero-order chi connectivity index (χ0) is 29.0. The molecule has 0 atom stereocenters. The van der Waals surface area contributed by atoms with E-state index in [4.69, 9.17) is 0 Å². The summed E-state index contributed by atoms with van der Waals surface area (Å²) in [6.07, 6.45) is -11.5. The van der Waals surface area contributed by atoms with E-state index < -0.39 is 41.1 Å². The van der Waals surface area contributed by atoms with Crippen LogP contribution in [0.15, 0.2) is 60.8 Å². The van der Waals surface area contributed by atoms with Crippen LogP contribution in [0.2, 0.25) is 0 Å². The van der Waals surface area contributed by atoms with Gasteiger partial charge in [0.25, 0.3) is 5.91 Å². The van der Waals surface area contributed by atoms with Crippen LogP contribution >= 0.6 is 0 Å². The van der Waals surface area contributed by atoms with Gasteiger partial charge in [0.2, 0.25) is 0 Å². The van der Waals surface area contributed by atoms with Gasteiger partial charge in [-0.3, -0.25) is 4.79 Å². The third kappa shape index (κ3) is 6.63. The van der Waals surface area contributed by atoms with Crippen molar-refractivity contribution in [3.63, 3.8) is 0 Å². The van der Waals surface area contributed by atoms with Crippen molar-refractivity contribution in [2.24, 2.45) is 0 Å². The van der Waals surface area contributed by atoms with Crippen LogP contribution in [-0.4, -0.2) is 41.2 Å². The van der Waals surface area contributed by atoms with E-state index in [1.807, 2.05) is 0 Å². The zero-order valence-corrected chi connectivity index (χ0v) is 20.3. The van der Waals surface area contributed by atoms with Crippen molar-refractivity contribution in [2.75, 3.05) is 18.4 Å². The Morgan fingerprint density at radius 3 is 1.95 bits per heavy atom. The summed E-state index contributed by atoms with van der Waals surface area (Å²) in [5, 5.41) is 2.81. The van der Waals surface area contributed by atoms with E-state index in [0.29, 0.717) is 24.2 Å². The third-order valence-electron chi connectivity index (χ3n) is 5.81. The quantitative estimate of drug-likeness (QED) is 0.286. The van der Waals surface area contributed by atoms with Crippen molar-refractivity contribution in [2.45, 2.75) is 37.9 Å². The molecule has 0 aliphatic rings. The molecule has 2 aromatic carbocycles. The first-order chi connectivity index (χ1) is 18.2. The van der Waals surface area contributed by atoms with Gasteiger partial charge in [-0.05, 0) is 42.7 Å². The number of anilines is 1. The minimum atomic E-state index is -6.27. The Hall–Kier alpha value is -3.77. The molecule has 0 saturated carbocycles. The number of amides is 1. The Balaban J connectivity index is 1.95. The van der Waals surface area contributed by atoms with E-state index >= 15 is 0 Å². The van der Waals surface area contributed by atoms with Crippen LogP contribution in [0, 0.1) is 11.6 Å². The number of nitrogens with zero attached hydrogens (tertiary/aromatic N) is 2. The van der Waals surface area contributed by atoms with Gasteiger partial charge in [-0.1, -0.05) is 36.4 Å². The lowest BCUT2D eigenvalue weighted by Crippen LogP contribution is -2.50. The maximum atomic E-state index is 14.4. The van der Waals surface area contributed by atoms with Crippen LogP contribution in [0.3, 0.4) is 0 Å². The number of nitrogens with one attached hydrogen (secondary N) is 1. The van der Waals surface area contributed by atoms with Crippen molar-refractivity contribution in [3.8, 4) is 0 Å². The topological polar surface area (TPSA) is 45.2 Å². The van der Waals surface area contributed by atoms with E-state index in [2.05, 4.69) is 10.3 Å². The Bertz CT molecular complexity index is 1260. The Morgan fingerprint density at radius 2 is 1.41 bits per heavy atom. The number of pyridine rings is 1. The lowest BCUT2D eigenvalue weighted by molar-refractivity contribution is -0.348. The van der Waals surface area contributed by atoms with E-state index in [0.717, 1.165) is 24.4 Å². The van der Waals surface area contributed by atoms with Gasteiger partial charge in [-0.25, -0.2) is 18.2 Å². The predicted molar refractivity (Wildman–Crippen MR) is 125 cm³/mol. The highest BCUT2D eigenvalue weighted by molar-refractivity contribution is 5.98. The number of carbonyl (C=O) groups is 1. The minimum absolute atomic E-state index is 0.0492. The molecule has 0 saturated heterocycles. The molecule has 0 spiro atoms. The summed E-state index contributed by atoms with van der Waals surface area (Å²) in [5.41, 5.74) is -6.73. The summed E-state index contributed by atoms with van der Waals surface area (Å²) in [6, 6.07) is 8.66. The Labute approximate surface area is 217 Å². The first kappa shape index (κ1) is 29.8. The molecule has 1 heterocycles. The fourth-order valence-corrected chi connectivity index (χ4v) is 3.80. The van der Waals surface area contributed by atoms with Gasteiger partial charge in [0.1, 0.15) is 17.5 Å². The highest BCUT2D eigenvalue weighted by Gasteiger charge is 2.73. The second-order valence-corrected chi connectivity index (χ2v) is 8.53. The summed E-state index contributed by atoms with van der Waals surface area (Å²) in [6.45, 7) is 1.66. The molecule has 1 amide bonds. The van der Waals surface area contributed by atoms with Gasteiger partial charge < -0.3 is 10.2 Å². The van der Waals surface area contributed by atoms with E-state index in [1.165, 1.54) is 29.2 Å². The van der Waals surface area contributed by atoms with Crippen LogP contribution in [-0.2, 0) is 18.6 Å². The molecule has 1 N–H and O–H groups in total. The van der Waals surface area contributed by atoms with Crippen molar-refractivity contribution < 1.29 is 44.3 Å². The molecule has 210 valence electrons. The van der Waals surface area contributed by atoms with E-state index in [9.17, 15) is 44.3 Å². The van der Waals surface area contributed by atoms with E-state index in [-0.39, 0.29) is 36.5 Å². The van der Waals surface area contributed by atoms with Crippen molar-refractivity contribution in [1.82, 2.24) is 9.88 Å². The van der Waals surface area contributed by atoms with Crippen molar-refractivity contribution >= 4 is 11.7 Å². The summed E-state index contributed by atoms with van der Waals surface area (Å²) in [5.74, 6) is -1.99. The largest absolute Gasteiger partial charge is 0.435 e. The van der Waals surface area contributed by atoms with Gasteiger partial charge >= 0.3 is 18.0 Å². The molecule has 0 fully saturated rings. The molecule has 4 nitrogen and oxygen atoms in total. The van der Waals surface area contributed by atoms with Gasteiger partial charge in [0.05, 0.1) is 11.8 Å². The number of alkyl halides is 7. The average molecular weight is 563 g/mol. The average Bonchev–Trinajstić information content (AvgIpc) is 2.87. The van der Waals surface area contributed by atoms with Crippen LogP contribution in [0.5, 0.6) is 0 Å². The van der Waals surface area contributed by atoms with Crippen molar-refractivity contribution in [3.05, 3.63) is 94.7 Å². The van der Waals surface area contributed by atoms with E-state index in [1.54, 1.807) is 6.92 Å². The lowest BCUT2D eigenvalue weighted by Gasteiger charge is -2.30. The van der Waals surface area contributed by atoms with Gasteiger partial charge in [0, 0.05) is 25.2 Å². The van der Waals surface area contributed by atoms with Gasteiger partial charge in [0.15, 0.2) is 0 Å². The normalized spacial score (nSPS) is 12.4. The van der Waals surface area contributed by atoms with Crippen LogP contribution in [0.4, 0.5) is 45.3 Å². The SMILES string of the molecule is CCNc1ncc(F)cc1C(=O)N(CCc1ccc(F)cc1)Cc1ccc(C(F)(C(F)(F)F)C(F)(F)F)cc1. The lowest BCUT2D eigenvalue weighted by atomic mass is 9.93. The number of hydrogen-bond acceptors (Lipinski definition) is 3. The standard InChI is InChI=1S/C26H22F9N3O/c1-2-36-22-21(13-20(28)14-37-22)23(39)38(12-11-16-5-9-19(27)10-6-16)15-17-3-7-18(8-4-17)24(29,25(30,31)32)26(33,34)35/h3-10,13-14H,2,11-12,15H2,1H3,(H,36,37). The molecule has 0 radical (unpaired) electrons. The first-order valence-corrected chi connectivity index (χ1v) is 11.5. The number of halogens is 9. The maximum absolute atomic E-state index is 14.4. The zero-order valence-electron chi connectivity index (χ0n) is 20.3. The first-order valence-electron chi connectivity index (χ1n) is 11.5. The summed E-state index contributed by atoms with van der Waals surface area (Å²) in [7, 11) is 0. The highest BCUT2D eigenvalue weighted by Crippen LogP contribution is 2.53. The minimum Gasteiger partial charge on any atom is -0.370 e. The Kier molecular flexibility index (Phi) is 8.81. The molecule has 3 rings (SSSR count). The second kappa shape index (κ2) is 11.5. The summed E-state index contributed by atoms with van der Waals surface area (Å²) < 4.78 is 120. The van der Waals surface area contributed by atoms with Crippen LogP contribution in [0.25, 0.3) is 0 Å². The summed E-state index contributed by atoms with van der Waals surface area (Å²) >= 11 is 0. The molecule has 3 aromatic rings. The number of carbonyl (C=O) groups excluding carboxylic acids is 1. The molecular formula is C26H22F9N3O. The smallest absolute Gasteiger partial charge is 0.370 e. The molecule has 13 heteroatoms. The fraction of sp³-hybridized carbons (Fsp3) is 0.308. The maximum Gasteiger partial charge on any atom is 0.435 e. The number of benzene rings is 2. The van der Waals surface area contributed by atoms with Crippen molar-refractivity contribution in [1.29, 1.82) is 0 Å². The molecule has 39 heavy (non-hydrogen) atoms. The predicted octanol–water partition coefficient (Wildman–Crippen LogP) is 6.97. The summed E-state index contributed by atoms with van der Waals surface area (Å²) in [4.78, 5) is 18.5. The molecule has 0 aliphatic carbocycles. The number of aromatic nitrogens is 1. The van der Waals surface area contributed by atoms with Crippen LogP contribution in [0.1, 0.15) is 34.0 Å². The van der Waals surface area contributed by atoms with Gasteiger partial charge in [-0.15, -0.1) is 0 Å². The Morgan fingerprint density at radius 1 is 0.846 bits per heavy atom. The third-order valence-corrected chi connectivity index (χ3v) is 5.81. The van der Waals surface area contributed by atoms with Crippen LogP contribution < -0.4 is 5.32 Å². The molecule has 0 aliphatic heterocycles.